The van der Waals surface area contributed by atoms with Crippen molar-refractivity contribution in [2.75, 3.05) is 19.6 Å². The molecule has 0 aromatic rings. The Balaban J connectivity index is 2.09. The molecule has 0 saturated carbocycles. The van der Waals surface area contributed by atoms with Crippen molar-refractivity contribution in [2.45, 2.75) is 50.4 Å². The molecule has 2 heterocycles. The van der Waals surface area contributed by atoms with E-state index in [2.05, 4.69) is 18.7 Å². The van der Waals surface area contributed by atoms with Crippen molar-refractivity contribution in [3.8, 4) is 0 Å². The van der Waals surface area contributed by atoms with Crippen LogP contribution in [0.1, 0.15) is 33.1 Å². The number of carbonyl (C=O) groups excluding carboxylic acids is 1. The number of nitrogens with zero attached hydrogens (tertiary/aromatic N) is 2. The minimum absolute atomic E-state index is 0.0232. The molecule has 110 valence electrons. The van der Waals surface area contributed by atoms with Crippen LogP contribution >= 0.6 is 0 Å². The Labute approximate surface area is 115 Å². The van der Waals surface area contributed by atoms with Gasteiger partial charge in [0.25, 0.3) is 0 Å². The van der Waals surface area contributed by atoms with Crippen LogP contribution in [0.25, 0.3) is 0 Å². The lowest BCUT2D eigenvalue weighted by molar-refractivity contribution is -0.127. The van der Waals surface area contributed by atoms with Gasteiger partial charge in [0.15, 0.2) is 0 Å². The second-order valence-corrected chi connectivity index (χ2v) is 7.75. The zero-order valence-electron chi connectivity index (χ0n) is 11.6. The molecule has 2 rings (SSSR count). The Morgan fingerprint density at radius 1 is 1.32 bits per heavy atom. The summed E-state index contributed by atoms with van der Waals surface area (Å²) in [5.74, 6) is -0.279. The van der Waals surface area contributed by atoms with Gasteiger partial charge < -0.3 is 10.6 Å². The van der Waals surface area contributed by atoms with E-state index in [0.29, 0.717) is 6.04 Å². The highest BCUT2D eigenvalue weighted by Crippen LogP contribution is 2.29. The van der Waals surface area contributed by atoms with Gasteiger partial charge in [-0.2, -0.15) is 0 Å². The highest BCUT2D eigenvalue weighted by molar-refractivity contribution is 7.90. The number of rotatable bonds is 3. The summed E-state index contributed by atoms with van der Waals surface area (Å²) >= 11 is 0. The van der Waals surface area contributed by atoms with Gasteiger partial charge in [0.2, 0.25) is 15.9 Å². The summed E-state index contributed by atoms with van der Waals surface area (Å²) in [5.41, 5.74) is 5.46. The van der Waals surface area contributed by atoms with Crippen LogP contribution < -0.4 is 5.73 Å². The minimum atomic E-state index is -3.52. The smallest absolute Gasteiger partial charge is 0.242 e. The van der Waals surface area contributed by atoms with E-state index < -0.39 is 15.3 Å². The number of likely N-dealkylation sites (tertiary alicyclic amines) is 1. The number of amides is 1. The quantitative estimate of drug-likeness (QED) is 0.774. The van der Waals surface area contributed by atoms with Crippen molar-refractivity contribution in [1.82, 2.24) is 9.21 Å². The largest absolute Gasteiger partial charge is 0.329 e. The zero-order chi connectivity index (χ0) is 14.2. The summed E-state index contributed by atoms with van der Waals surface area (Å²) in [4.78, 5) is 14.3. The van der Waals surface area contributed by atoms with E-state index in [1.165, 1.54) is 0 Å². The maximum Gasteiger partial charge on any atom is 0.242 e. The Morgan fingerprint density at radius 3 is 2.32 bits per heavy atom. The van der Waals surface area contributed by atoms with Gasteiger partial charge in [-0.1, -0.05) is 0 Å². The van der Waals surface area contributed by atoms with E-state index >= 15 is 0 Å². The summed E-state index contributed by atoms with van der Waals surface area (Å²) in [6, 6.07) is 0.285. The van der Waals surface area contributed by atoms with Crippen LogP contribution in [0.3, 0.4) is 0 Å². The molecule has 0 radical (unpaired) electrons. The van der Waals surface area contributed by atoms with Gasteiger partial charge in [0.1, 0.15) is 5.25 Å². The molecule has 0 aliphatic carbocycles. The first kappa shape index (κ1) is 14.7. The van der Waals surface area contributed by atoms with E-state index in [4.69, 9.17) is 5.73 Å². The number of sulfonamides is 1. The molecule has 6 nitrogen and oxygen atoms in total. The molecule has 1 amide bonds. The van der Waals surface area contributed by atoms with Crippen molar-refractivity contribution in [1.29, 1.82) is 0 Å². The molecular weight excluding hydrogens is 266 g/mol. The van der Waals surface area contributed by atoms with Crippen LogP contribution in [0, 0.1) is 0 Å². The first-order valence-corrected chi connectivity index (χ1v) is 8.38. The molecule has 0 bridgehead atoms. The van der Waals surface area contributed by atoms with Gasteiger partial charge >= 0.3 is 0 Å². The first-order chi connectivity index (χ1) is 8.87. The second-order valence-electron chi connectivity index (χ2n) is 5.66. The number of piperidine rings is 1. The lowest BCUT2D eigenvalue weighted by atomic mass is 10.0. The summed E-state index contributed by atoms with van der Waals surface area (Å²) in [5, 5.41) is -0.719. The van der Waals surface area contributed by atoms with Gasteiger partial charge in [-0.15, -0.1) is 0 Å². The normalized spacial score (nSPS) is 29.4. The Kier molecular flexibility index (Phi) is 4.17. The van der Waals surface area contributed by atoms with Crippen LogP contribution in [0.15, 0.2) is 0 Å². The molecule has 0 aromatic carbocycles. The molecule has 1 atom stereocenters. The topological polar surface area (TPSA) is 83.7 Å². The molecule has 1 unspecified atom stereocenters. The third-order valence-electron chi connectivity index (χ3n) is 4.17. The van der Waals surface area contributed by atoms with Crippen molar-refractivity contribution in [2.24, 2.45) is 5.73 Å². The molecule has 2 fully saturated rings. The molecule has 7 heteroatoms. The van der Waals surface area contributed by atoms with Crippen LogP contribution in [-0.4, -0.2) is 60.5 Å². The lowest BCUT2D eigenvalue weighted by Crippen LogP contribution is -2.49. The first-order valence-electron chi connectivity index (χ1n) is 6.88. The summed E-state index contributed by atoms with van der Waals surface area (Å²) in [6.45, 7) is 5.96. The van der Waals surface area contributed by atoms with Crippen LogP contribution in [0.4, 0.5) is 0 Å². The lowest BCUT2D eigenvalue weighted by Gasteiger charge is -2.37. The van der Waals surface area contributed by atoms with E-state index in [0.717, 1.165) is 30.2 Å². The number of carbonyl (C=O) groups is 1. The number of hydrogen-bond acceptors (Lipinski definition) is 5. The highest BCUT2D eigenvalue weighted by Gasteiger charge is 2.47. The predicted molar refractivity (Wildman–Crippen MR) is 73.0 cm³/mol. The Hall–Kier alpha value is -0.660. The summed E-state index contributed by atoms with van der Waals surface area (Å²) < 4.78 is 25.6. The average molecular weight is 289 g/mol. The van der Waals surface area contributed by atoms with E-state index in [1.807, 2.05) is 0 Å². The fraction of sp³-hybridized carbons (Fsp3) is 0.917. The average Bonchev–Trinajstić information content (AvgIpc) is 2.59. The van der Waals surface area contributed by atoms with E-state index in [1.54, 1.807) is 0 Å². The van der Waals surface area contributed by atoms with Gasteiger partial charge in [-0.05, 0) is 26.7 Å². The van der Waals surface area contributed by atoms with Crippen molar-refractivity contribution in [3.63, 3.8) is 0 Å². The van der Waals surface area contributed by atoms with Gasteiger partial charge in [-0.25, -0.2) is 12.7 Å². The molecule has 2 saturated heterocycles. The zero-order valence-corrected chi connectivity index (χ0v) is 12.4. The maximum absolute atomic E-state index is 12.3. The van der Waals surface area contributed by atoms with Crippen LogP contribution in [-0.2, 0) is 14.8 Å². The highest BCUT2D eigenvalue weighted by atomic mass is 32.2. The Bertz CT molecular complexity index is 441. The van der Waals surface area contributed by atoms with Crippen molar-refractivity contribution < 1.29 is 13.2 Å². The monoisotopic (exact) mass is 289 g/mol. The fourth-order valence-corrected chi connectivity index (χ4v) is 4.85. The predicted octanol–water partition coefficient (Wildman–Crippen LogP) is -0.251. The summed E-state index contributed by atoms with van der Waals surface area (Å²) in [6.07, 6.45) is 1.49. The molecule has 2 aliphatic heterocycles. The number of hydrogen-bond donors (Lipinski definition) is 1. The molecule has 2 aliphatic rings. The maximum atomic E-state index is 12.3. The standard InChI is InChI=1S/C12H23N3O3S/c1-9(2)14-5-3-10(4-6-14)15-12(16)7-11(8-13)19(15,17)18/h9-11H,3-8,13H2,1-2H3. The third-order valence-corrected chi connectivity index (χ3v) is 6.42. The summed E-state index contributed by atoms with van der Waals surface area (Å²) in [7, 11) is -3.52. The van der Waals surface area contributed by atoms with Gasteiger partial charge in [-0.3, -0.25) is 4.79 Å². The third kappa shape index (κ3) is 2.64. The van der Waals surface area contributed by atoms with E-state index in [-0.39, 0.29) is 24.9 Å². The molecule has 2 N–H and O–H groups in total. The minimum Gasteiger partial charge on any atom is -0.329 e. The SMILES string of the molecule is CC(C)N1CCC(N2C(=O)CC(CN)S2(=O)=O)CC1. The molecule has 0 aromatic heterocycles. The van der Waals surface area contributed by atoms with Crippen LogP contribution in [0.2, 0.25) is 0 Å². The van der Waals surface area contributed by atoms with E-state index in [9.17, 15) is 13.2 Å². The second kappa shape index (κ2) is 5.38. The number of nitrogens with two attached hydrogens (primary N) is 1. The van der Waals surface area contributed by atoms with Crippen molar-refractivity contribution in [3.05, 3.63) is 0 Å². The van der Waals surface area contributed by atoms with Crippen LogP contribution in [0.5, 0.6) is 0 Å². The van der Waals surface area contributed by atoms with Crippen molar-refractivity contribution >= 4 is 15.9 Å². The molecule has 0 spiro atoms. The molecular formula is C12H23N3O3S. The van der Waals surface area contributed by atoms with Gasteiger partial charge in [0, 0.05) is 32.1 Å². The van der Waals surface area contributed by atoms with Gasteiger partial charge in [0.05, 0.1) is 6.04 Å². The fourth-order valence-electron chi connectivity index (χ4n) is 2.95. The Morgan fingerprint density at radius 2 is 1.89 bits per heavy atom. The molecule has 19 heavy (non-hydrogen) atoms.